The predicted molar refractivity (Wildman–Crippen MR) is 64.1 cm³/mol. The maximum Gasteiger partial charge on any atom is 0.476 e. The van der Waals surface area contributed by atoms with E-state index < -0.39 is 10.4 Å². The number of rotatable bonds is 9. The Bertz CT molecular complexity index is 416. The molecule has 0 aliphatic carbocycles. The van der Waals surface area contributed by atoms with Gasteiger partial charge >= 0.3 is 10.4 Å². The van der Waals surface area contributed by atoms with E-state index in [1.165, 1.54) is 12.1 Å². The SMILES string of the molecule is CCCOCCOOS(=O)(=O)Oc1ccccc1. The molecule has 0 aromatic heterocycles. The van der Waals surface area contributed by atoms with Gasteiger partial charge in [-0.25, -0.2) is 4.89 Å². The first-order chi connectivity index (χ1) is 8.64. The largest absolute Gasteiger partial charge is 0.476 e. The zero-order valence-corrected chi connectivity index (χ0v) is 10.9. The molecule has 1 aromatic carbocycles. The van der Waals surface area contributed by atoms with Gasteiger partial charge in [0.2, 0.25) is 0 Å². The van der Waals surface area contributed by atoms with Gasteiger partial charge in [0.1, 0.15) is 12.4 Å². The Kier molecular flexibility index (Phi) is 6.66. The Morgan fingerprint density at radius 1 is 1.06 bits per heavy atom. The Hall–Kier alpha value is -1.15. The lowest BCUT2D eigenvalue weighted by Gasteiger charge is -2.06. The van der Waals surface area contributed by atoms with Crippen molar-refractivity contribution >= 4 is 10.4 Å². The van der Waals surface area contributed by atoms with Gasteiger partial charge in [-0.1, -0.05) is 29.5 Å². The third-order valence-corrected chi connectivity index (χ3v) is 2.39. The molecule has 18 heavy (non-hydrogen) atoms. The van der Waals surface area contributed by atoms with Crippen molar-refractivity contribution in [3.8, 4) is 5.75 Å². The molecular weight excluding hydrogens is 260 g/mol. The monoisotopic (exact) mass is 276 g/mol. The van der Waals surface area contributed by atoms with Crippen LogP contribution < -0.4 is 4.18 Å². The lowest BCUT2D eigenvalue weighted by molar-refractivity contribution is -0.215. The summed E-state index contributed by atoms with van der Waals surface area (Å²) in [5, 5.41) is 0. The van der Waals surface area contributed by atoms with E-state index in [9.17, 15) is 8.42 Å². The quantitative estimate of drug-likeness (QED) is 0.388. The van der Waals surface area contributed by atoms with Crippen LogP contribution in [0.15, 0.2) is 30.3 Å². The summed E-state index contributed by atoms with van der Waals surface area (Å²) in [5.41, 5.74) is 0. The molecule has 0 radical (unpaired) electrons. The molecule has 102 valence electrons. The second kappa shape index (κ2) is 8.04. The highest BCUT2D eigenvalue weighted by Gasteiger charge is 2.14. The van der Waals surface area contributed by atoms with Crippen molar-refractivity contribution in [3.63, 3.8) is 0 Å². The van der Waals surface area contributed by atoms with Gasteiger partial charge in [0, 0.05) is 6.61 Å². The van der Waals surface area contributed by atoms with Crippen molar-refractivity contribution in [3.05, 3.63) is 30.3 Å². The minimum atomic E-state index is -4.21. The summed E-state index contributed by atoms with van der Waals surface area (Å²) in [5.74, 6) is 0.156. The van der Waals surface area contributed by atoms with E-state index in [1.54, 1.807) is 18.2 Å². The van der Waals surface area contributed by atoms with E-state index in [4.69, 9.17) is 4.74 Å². The van der Waals surface area contributed by atoms with Gasteiger partial charge in [-0.05, 0) is 18.6 Å². The minimum absolute atomic E-state index is 0.0113. The zero-order valence-electron chi connectivity index (χ0n) is 10.1. The molecule has 0 bridgehead atoms. The predicted octanol–water partition coefficient (Wildman–Crippen LogP) is 1.69. The molecule has 0 saturated heterocycles. The normalized spacial score (nSPS) is 11.4. The first kappa shape index (κ1) is 14.9. The third kappa shape index (κ3) is 6.55. The van der Waals surface area contributed by atoms with Crippen molar-refractivity contribution in [1.29, 1.82) is 0 Å². The molecule has 0 saturated carbocycles. The summed E-state index contributed by atoms with van der Waals surface area (Å²) in [6.45, 7) is 2.83. The van der Waals surface area contributed by atoms with Gasteiger partial charge in [-0.3, -0.25) is 0 Å². The Labute approximate surface area is 107 Å². The van der Waals surface area contributed by atoms with Gasteiger partial charge < -0.3 is 8.92 Å². The first-order valence-electron chi connectivity index (χ1n) is 5.52. The third-order valence-electron chi connectivity index (χ3n) is 1.73. The van der Waals surface area contributed by atoms with Crippen LogP contribution in [-0.4, -0.2) is 28.2 Å². The van der Waals surface area contributed by atoms with Crippen molar-refractivity contribution in [2.75, 3.05) is 19.8 Å². The van der Waals surface area contributed by atoms with Crippen molar-refractivity contribution in [2.24, 2.45) is 0 Å². The van der Waals surface area contributed by atoms with Crippen LogP contribution >= 0.6 is 0 Å². The van der Waals surface area contributed by atoms with Gasteiger partial charge in [0.15, 0.2) is 0 Å². The van der Waals surface area contributed by atoms with Crippen LogP contribution in [0.4, 0.5) is 0 Å². The molecule has 1 rings (SSSR count). The topological polar surface area (TPSA) is 71.1 Å². The Morgan fingerprint density at radius 3 is 2.44 bits per heavy atom. The van der Waals surface area contributed by atoms with Crippen molar-refractivity contribution in [2.45, 2.75) is 13.3 Å². The summed E-state index contributed by atoms with van der Waals surface area (Å²) >= 11 is 0. The van der Waals surface area contributed by atoms with E-state index in [0.717, 1.165) is 6.42 Å². The van der Waals surface area contributed by atoms with Crippen LogP contribution in [0, 0.1) is 0 Å². The van der Waals surface area contributed by atoms with Crippen LogP contribution in [-0.2, 0) is 24.4 Å². The second-order valence-electron chi connectivity index (χ2n) is 3.31. The number of para-hydroxylation sites is 1. The number of benzene rings is 1. The van der Waals surface area contributed by atoms with Crippen LogP contribution in [0.2, 0.25) is 0 Å². The molecule has 7 heteroatoms. The average Bonchev–Trinajstić information content (AvgIpc) is 2.34. The van der Waals surface area contributed by atoms with Crippen LogP contribution in [0.25, 0.3) is 0 Å². The molecule has 0 heterocycles. The van der Waals surface area contributed by atoms with E-state index >= 15 is 0 Å². The fraction of sp³-hybridized carbons (Fsp3) is 0.455. The molecule has 1 aromatic rings. The van der Waals surface area contributed by atoms with Crippen molar-refractivity contribution < 1.29 is 26.6 Å². The van der Waals surface area contributed by atoms with E-state index in [0.29, 0.717) is 6.61 Å². The Morgan fingerprint density at radius 2 is 1.78 bits per heavy atom. The minimum Gasteiger partial charge on any atom is -0.379 e. The van der Waals surface area contributed by atoms with E-state index in [2.05, 4.69) is 13.4 Å². The van der Waals surface area contributed by atoms with Gasteiger partial charge in [-0.2, -0.15) is 8.42 Å². The summed E-state index contributed by atoms with van der Waals surface area (Å²) in [7, 11) is -4.21. The lowest BCUT2D eigenvalue weighted by atomic mass is 10.3. The summed E-state index contributed by atoms with van der Waals surface area (Å²) in [6.07, 6.45) is 0.885. The number of ether oxygens (including phenoxy) is 1. The molecule has 0 spiro atoms. The molecule has 0 amide bonds. The summed E-state index contributed by atoms with van der Waals surface area (Å²) in [6, 6.07) is 8.01. The molecule has 0 N–H and O–H groups in total. The van der Waals surface area contributed by atoms with E-state index in [1.807, 2.05) is 6.92 Å². The maximum absolute atomic E-state index is 11.3. The summed E-state index contributed by atoms with van der Waals surface area (Å²) in [4.78, 5) is 4.48. The standard InChI is InChI=1S/C11H16O6S/c1-2-8-14-9-10-15-17-18(12,13)16-11-6-4-3-5-7-11/h3-7H,2,8-10H2,1H3. The molecule has 6 nitrogen and oxygen atoms in total. The number of hydrogen-bond acceptors (Lipinski definition) is 6. The molecule has 0 aliphatic heterocycles. The fourth-order valence-electron chi connectivity index (χ4n) is 1.04. The molecule has 0 fully saturated rings. The van der Waals surface area contributed by atoms with Gasteiger partial charge in [0.05, 0.1) is 6.61 Å². The summed E-state index contributed by atoms with van der Waals surface area (Å²) < 4.78 is 36.4. The highest BCUT2D eigenvalue weighted by molar-refractivity contribution is 7.82. The van der Waals surface area contributed by atoms with Crippen LogP contribution in [0.1, 0.15) is 13.3 Å². The number of hydrogen-bond donors (Lipinski definition) is 0. The Balaban J connectivity index is 2.24. The highest BCUT2D eigenvalue weighted by atomic mass is 32.3. The zero-order chi connectivity index (χ0) is 13.3. The van der Waals surface area contributed by atoms with Gasteiger partial charge in [-0.15, -0.1) is 0 Å². The fourth-order valence-corrected chi connectivity index (χ4v) is 1.60. The van der Waals surface area contributed by atoms with E-state index in [-0.39, 0.29) is 19.0 Å². The second-order valence-corrected chi connectivity index (χ2v) is 4.43. The first-order valence-corrected chi connectivity index (χ1v) is 6.85. The van der Waals surface area contributed by atoms with Crippen molar-refractivity contribution in [1.82, 2.24) is 0 Å². The molecule has 0 unspecified atom stereocenters. The van der Waals surface area contributed by atoms with Gasteiger partial charge in [0.25, 0.3) is 0 Å². The average molecular weight is 276 g/mol. The highest BCUT2D eigenvalue weighted by Crippen LogP contribution is 2.12. The smallest absolute Gasteiger partial charge is 0.379 e. The molecular formula is C11H16O6S. The van der Waals surface area contributed by atoms with Crippen LogP contribution in [0.5, 0.6) is 5.75 Å². The maximum atomic E-state index is 11.3. The molecule has 0 atom stereocenters. The lowest BCUT2D eigenvalue weighted by Crippen LogP contribution is -2.15. The molecule has 0 aliphatic rings. The van der Waals surface area contributed by atoms with Crippen LogP contribution in [0.3, 0.4) is 0 Å².